The molecule has 0 unspecified atom stereocenters. The van der Waals surface area contributed by atoms with Crippen LogP contribution in [0.3, 0.4) is 0 Å². The number of hydrogen-bond donors (Lipinski definition) is 2. The highest BCUT2D eigenvalue weighted by molar-refractivity contribution is 9.10. The van der Waals surface area contributed by atoms with E-state index < -0.39 is 10.0 Å². The van der Waals surface area contributed by atoms with Crippen LogP contribution in [0.25, 0.3) is 0 Å². The number of rotatable bonds is 4. The Morgan fingerprint density at radius 1 is 1.42 bits per heavy atom. The Morgan fingerprint density at radius 2 is 2.16 bits per heavy atom. The highest BCUT2D eigenvalue weighted by Crippen LogP contribution is 2.25. The summed E-state index contributed by atoms with van der Waals surface area (Å²) >= 11 is 3.37. The topological polar surface area (TPSA) is 74.8 Å². The SMILES string of the molecule is CCc1ncc(S(=O)(=O)Nc2cccc(Br)c2C)[nH]1. The molecule has 2 aromatic rings. The maximum Gasteiger partial charge on any atom is 0.278 e. The van der Waals surface area contributed by atoms with Crippen molar-refractivity contribution >= 4 is 31.6 Å². The standard InChI is InChI=1S/C12H14BrN3O2S/c1-3-11-14-7-12(15-11)19(17,18)16-10-6-4-5-9(13)8(10)2/h4-7,16H,3H2,1-2H3,(H,14,15). The average Bonchev–Trinajstić information content (AvgIpc) is 2.84. The van der Waals surface area contributed by atoms with Crippen molar-refractivity contribution in [3.63, 3.8) is 0 Å². The first-order valence-electron chi connectivity index (χ1n) is 5.76. The molecule has 0 aliphatic heterocycles. The molecule has 2 rings (SSSR count). The van der Waals surface area contributed by atoms with E-state index in [0.717, 1.165) is 10.0 Å². The Hall–Kier alpha value is -1.34. The molecule has 0 fully saturated rings. The summed E-state index contributed by atoms with van der Waals surface area (Å²) in [5.74, 6) is 0.645. The molecule has 0 saturated heterocycles. The van der Waals surface area contributed by atoms with Crippen LogP contribution in [-0.2, 0) is 16.4 Å². The largest absolute Gasteiger partial charge is 0.332 e. The van der Waals surface area contributed by atoms with Crippen LogP contribution in [0.1, 0.15) is 18.3 Å². The van der Waals surface area contributed by atoms with Crippen molar-refractivity contribution in [2.24, 2.45) is 0 Å². The van der Waals surface area contributed by atoms with Gasteiger partial charge in [-0.2, -0.15) is 8.42 Å². The Morgan fingerprint density at radius 3 is 2.79 bits per heavy atom. The first-order valence-corrected chi connectivity index (χ1v) is 8.03. The van der Waals surface area contributed by atoms with Gasteiger partial charge < -0.3 is 4.98 Å². The van der Waals surface area contributed by atoms with E-state index in [1.54, 1.807) is 12.1 Å². The third-order valence-corrected chi connectivity index (χ3v) is 4.88. The second-order valence-corrected chi connectivity index (χ2v) is 6.57. The minimum absolute atomic E-state index is 0.0729. The summed E-state index contributed by atoms with van der Waals surface area (Å²) < 4.78 is 27.8. The molecule has 0 bridgehead atoms. The predicted octanol–water partition coefficient (Wildman–Crippen LogP) is 2.84. The van der Waals surface area contributed by atoms with E-state index in [1.165, 1.54) is 6.20 Å². The van der Waals surface area contributed by atoms with E-state index in [0.29, 0.717) is 17.9 Å². The van der Waals surface area contributed by atoms with Gasteiger partial charge >= 0.3 is 0 Å². The lowest BCUT2D eigenvalue weighted by atomic mass is 10.2. The number of hydrogen-bond acceptors (Lipinski definition) is 3. The summed E-state index contributed by atoms with van der Waals surface area (Å²) in [5, 5.41) is 0.0729. The molecule has 2 N–H and O–H groups in total. The molecule has 19 heavy (non-hydrogen) atoms. The van der Waals surface area contributed by atoms with Crippen LogP contribution in [0.2, 0.25) is 0 Å². The fourth-order valence-corrected chi connectivity index (χ4v) is 3.01. The van der Waals surface area contributed by atoms with Crippen LogP contribution in [0.5, 0.6) is 0 Å². The van der Waals surface area contributed by atoms with Crippen LogP contribution in [0.15, 0.2) is 33.9 Å². The Kier molecular flexibility index (Phi) is 3.96. The monoisotopic (exact) mass is 343 g/mol. The highest BCUT2D eigenvalue weighted by atomic mass is 79.9. The van der Waals surface area contributed by atoms with E-state index in [2.05, 4.69) is 30.6 Å². The van der Waals surface area contributed by atoms with Gasteiger partial charge in [0.05, 0.1) is 11.9 Å². The fraction of sp³-hybridized carbons (Fsp3) is 0.250. The number of nitrogens with one attached hydrogen (secondary N) is 2. The molecule has 0 amide bonds. The van der Waals surface area contributed by atoms with Gasteiger partial charge in [-0.05, 0) is 24.6 Å². The van der Waals surface area contributed by atoms with Crippen LogP contribution < -0.4 is 4.72 Å². The minimum atomic E-state index is -3.63. The van der Waals surface area contributed by atoms with Crippen LogP contribution in [-0.4, -0.2) is 18.4 Å². The summed E-state index contributed by atoms with van der Waals surface area (Å²) in [6, 6.07) is 5.35. The lowest BCUT2D eigenvalue weighted by molar-refractivity contribution is 0.598. The second-order valence-electron chi connectivity index (χ2n) is 4.07. The highest BCUT2D eigenvalue weighted by Gasteiger charge is 2.18. The number of nitrogens with zero attached hydrogens (tertiary/aromatic N) is 1. The smallest absolute Gasteiger partial charge is 0.278 e. The summed E-state index contributed by atoms with van der Waals surface area (Å²) in [6.07, 6.45) is 1.99. The third kappa shape index (κ3) is 2.98. The molecule has 0 aliphatic carbocycles. The predicted molar refractivity (Wildman–Crippen MR) is 77.7 cm³/mol. The molecule has 5 nitrogen and oxygen atoms in total. The molecular weight excluding hydrogens is 330 g/mol. The first-order chi connectivity index (χ1) is 8.94. The van der Waals surface area contributed by atoms with Gasteiger partial charge in [0.2, 0.25) is 0 Å². The number of anilines is 1. The zero-order valence-electron chi connectivity index (χ0n) is 10.6. The zero-order valence-corrected chi connectivity index (χ0v) is 13.0. The lowest BCUT2D eigenvalue weighted by Crippen LogP contribution is -2.14. The Labute approximate surface area is 120 Å². The molecule has 0 spiro atoms. The van der Waals surface area contributed by atoms with Crippen LogP contribution in [0, 0.1) is 6.92 Å². The van der Waals surface area contributed by atoms with Gasteiger partial charge in [0.25, 0.3) is 10.0 Å². The van der Waals surface area contributed by atoms with Crippen LogP contribution >= 0.6 is 15.9 Å². The fourth-order valence-electron chi connectivity index (χ4n) is 1.58. The summed E-state index contributed by atoms with van der Waals surface area (Å²) in [6.45, 7) is 3.74. The Bertz CT molecular complexity index is 695. The van der Waals surface area contributed by atoms with Crippen molar-refractivity contribution in [2.45, 2.75) is 25.3 Å². The van der Waals surface area contributed by atoms with E-state index in [-0.39, 0.29) is 5.03 Å². The van der Waals surface area contributed by atoms with Gasteiger partial charge in [-0.25, -0.2) is 4.98 Å². The molecule has 7 heteroatoms. The van der Waals surface area contributed by atoms with Crippen molar-refractivity contribution < 1.29 is 8.42 Å². The molecule has 1 aromatic heterocycles. The number of imidazole rings is 1. The maximum absolute atomic E-state index is 12.2. The van der Waals surface area contributed by atoms with Crippen molar-refractivity contribution in [3.8, 4) is 0 Å². The number of aryl methyl sites for hydroxylation is 1. The van der Waals surface area contributed by atoms with Gasteiger partial charge in [-0.15, -0.1) is 0 Å². The van der Waals surface area contributed by atoms with E-state index in [4.69, 9.17) is 0 Å². The number of H-pyrrole nitrogens is 1. The lowest BCUT2D eigenvalue weighted by Gasteiger charge is -2.10. The van der Waals surface area contributed by atoms with Crippen molar-refractivity contribution in [3.05, 3.63) is 40.3 Å². The molecular formula is C12H14BrN3O2S. The molecule has 102 valence electrons. The van der Waals surface area contributed by atoms with Gasteiger partial charge in [0.1, 0.15) is 5.82 Å². The molecule has 0 aliphatic rings. The molecule has 0 saturated carbocycles. The molecule has 1 heterocycles. The first kappa shape index (κ1) is 14.1. The van der Waals surface area contributed by atoms with Crippen molar-refractivity contribution in [1.82, 2.24) is 9.97 Å². The molecule has 1 aromatic carbocycles. The van der Waals surface area contributed by atoms with Crippen molar-refractivity contribution in [2.75, 3.05) is 4.72 Å². The Balaban J connectivity index is 2.33. The normalized spacial score (nSPS) is 11.5. The summed E-state index contributed by atoms with van der Waals surface area (Å²) in [5.41, 5.74) is 1.38. The number of benzene rings is 1. The second kappa shape index (κ2) is 5.34. The summed E-state index contributed by atoms with van der Waals surface area (Å²) in [4.78, 5) is 6.78. The van der Waals surface area contributed by atoms with E-state index in [9.17, 15) is 8.42 Å². The number of aromatic amines is 1. The van der Waals surface area contributed by atoms with Crippen LogP contribution in [0.4, 0.5) is 5.69 Å². The van der Waals surface area contributed by atoms with Gasteiger partial charge in [-0.1, -0.05) is 28.9 Å². The minimum Gasteiger partial charge on any atom is -0.332 e. The number of halogens is 1. The summed E-state index contributed by atoms with van der Waals surface area (Å²) in [7, 11) is -3.63. The molecule has 0 atom stereocenters. The maximum atomic E-state index is 12.2. The van der Waals surface area contributed by atoms with E-state index >= 15 is 0 Å². The average molecular weight is 344 g/mol. The van der Waals surface area contributed by atoms with Gasteiger partial charge in [0, 0.05) is 10.9 Å². The van der Waals surface area contributed by atoms with Gasteiger partial charge in [-0.3, -0.25) is 4.72 Å². The van der Waals surface area contributed by atoms with Crippen molar-refractivity contribution in [1.29, 1.82) is 0 Å². The number of sulfonamides is 1. The third-order valence-electron chi connectivity index (χ3n) is 2.74. The van der Waals surface area contributed by atoms with Gasteiger partial charge in [0.15, 0.2) is 5.03 Å². The zero-order chi connectivity index (χ0) is 14.0. The van der Waals surface area contributed by atoms with E-state index in [1.807, 2.05) is 19.9 Å². The molecule has 0 radical (unpaired) electrons. The quantitative estimate of drug-likeness (QED) is 0.896. The number of aromatic nitrogens is 2.